The molecule has 0 atom stereocenters. The molecule has 16 nitrogen and oxygen atoms in total. The van der Waals surface area contributed by atoms with E-state index in [4.69, 9.17) is 47.5 Å². The van der Waals surface area contributed by atoms with Gasteiger partial charge in [-0.2, -0.15) is 16.8 Å². The Balaban J connectivity index is 0.000000858. The lowest BCUT2D eigenvalue weighted by Gasteiger charge is -2.23. The Labute approximate surface area is 311 Å². The Morgan fingerprint density at radius 2 is 0.830 bits per heavy atom. The number of hydrogen-bond donors (Lipinski definition) is 2. The molecule has 0 aliphatic heterocycles. The highest BCUT2D eigenvalue weighted by Gasteiger charge is 2.16. The van der Waals surface area contributed by atoms with Crippen LogP contribution in [-0.2, 0) is 20.2 Å². The lowest BCUT2D eigenvalue weighted by atomic mass is 10.1. The molecule has 53 heavy (non-hydrogen) atoms. The second kappa shape index (κ2) is 20.3. The molecule has 0 saturated heterocycles. The summed E-state index contributed by atoms with van der Waals surface area (Å²) in [5, 5.41) is 0. The second-order valence-electron chi connectivity index (χ2n) is 11.3. The van der Waals surface area contributed by atoms with Gasteiger partial charge in [-0.3, -0.25) is 19.1 Å². The van der Waals surface area contributed by atoms with Gasteiger partial charge in [-0.15, -0.1) is 0 Å². The van der Waals surface area contributed by atoms with E-state index in [1.165, 1.54) is 0 Å². The van der Waals surface area contributed by atoms with Gasteiger partial charge in [-0.25, -0.2) is 0 Å². The molecule has 0 radical (unpaired) electrons. The molecular weight excluding hydrogens is 733 g/mol. The standard InChI is InChI=1S/C33H40N4O6.2CH4O3S/c1-36(24-10-12-26(34-20-24)22-16-28(38-3)32(42-7)29(17-22)39-4)14-9-15-37(2)25-11-13-27(35-21-25)23-18-30(40-5)33(43-8)31(19-23)41-6;2*1-5(2,3)4/h10-13,16-21H,9,14-15H2,1-8H3;2*1H3,(H,2,3,4). The average molecular weight is 781 g/mol. The molecule has 0 unspecified atom stereocenters. The first-order valence-corrected chi connectivity index (χ1v) is 19.4. The maximum Gasteiger partial charge on any atom is 0.261 e. The molecule has 4 rings (SSSR count). The van der Waals surface area contributed by atoms with Crippen molar-refractivity contribution in [3.63, 3.8) is 0 Å². The summed E-state index contributed by atoms with van der Waals surface area (Å²) < 4.78 is 84.5. The van der Waals surface area contributed by atoms with Crippen LogP contribution >= 0.6 is 0 Å². The van der Waals surface area contributed by atoms with E-state index in [9.17, 15) is 16.8 Å². The monoisotopic (exact) mass is 780 g/mol. The van der Waals surface area contributed by atoms with Crippen molar-refractivity contribution in [1.29, 1.82) is 0 Å². The van der Waals surface area contributed by atoms with E-state index in [0.717, 1.165) is 53.4 Å². The number of methoxy groups -OCH3 is 6. The molecule has 0 fully saturated rings. The van der Waals surface area contributed by atoms with E-state index >= 15 is 0 Å². The molecule has 292 valence electrons. The van der Waals surface area contributed by atoms with Gasteiger partial charge in [0.15, 0.2) is 23.0 Å². The second-order valence-corrected chi connectivity index (χ2v) is 14.2. The van der Waals surface area contributed by atoms with Gasteiger partial charge in [-0.05, 0) is 55.0 Å². The molecule has 0 aliphatic carbocycles. The van der Waals surface area contributed by atoms with Crippen molar-refractivity contribution < 1.29 is 54.4 Å². The molecule has 2 aromatic heterocycles. The first kappa shape index (κ1) is 44.1. The molecule has 4 aromatic rings. The lowest BCUT2D eigenvalue weighted by Crippen LogP contribution is -2.25. The molecule has 0 aliphatic rings. The van der Waals surface area contributed by atoms with E-state index in [0.29, 0.717) is 47.0 Å². The lowest BCUT2D eigenvalue weighted by molar-refractivity contribution is 0.324. The van der Waals surface area contributed by atoms with Gasteiger partial charge in [0.05, 0.1) is 90.3 Å². The van der Waals surface area contributed by atoms with Crippen LogP contribution in [0.4, 0.5) is 11.4 Å². The number of anilines is 2. The number of rotatable bonds is 14. The smallest absolute Gasteiger partial charge is 0.261 e. The summed E-state index contributed by atoms with van der Waals surface area (Å²) in [7, 11) is 6.41. The van der Waals surface area contributed by atoms with Gasteiger partial charge in [0, 0.05) is 38.3 Å². The number of hydrogen-bond acceptors (Lipinski definition) is 14. The van der Waals surface area contributed by atoms with Gasteiger partial charge in [0.25, 0.3) is 20.2 Å². The summed E-state index contributed by atoms with van der Waals surface area (Å²) in [6.07, 6.45) is 6.15. The predicted molar refractivity (Wildman–Crippen MR) is 205 cm³/mol. The van der Waals surface area contributed by atoms with Crippen molar-refractivity contribution in [3.05, 3.63) is 60.9 Å². The summed E-state index contributed by atoms with van der Waals surface area (Å²) in [5.74, 6) is 3.48. The molecule has 0 saturated carbocycles. The number of nitrogens with zero attached hydrogens (tertiary/aromatic N) is 4. The van der Waals surface area contributed by atoms with Crippen LogP contribution in [0.5, 0.6) is 34.5 Å². The van der Waals surface area contributed by atoms with Crippen LogP contribution in [-0.4, -0.2) is 118 Å². The van der Waals surface area contributed by atoms with Crippen molar-refractivity contribution in [3.8, 4) is 57.0 Å². The third kappa shape index (κ3) is 14.5. The summed E-state index contributed by atoms with van der Waals surface area (Å²) in [4.78, 5) is 13.8. The van der Waals surface area contributed by atoms with Crippen LogP contribution in [0.25, 0.3) is 22.5 Å². The summed E-state index contributed by atoms with van der Waals surface area (Å²) in [5.41, 5.74) is 5.48. The highest BCUT2D eigenvalue weighted by Crippen LogP contribution is 2.42. The van der Waals surface area contributed by atoms with Crippen molar-refractivity contribution in [2.75, 3.05) is 92.2 Å². The molecule has 0 amide bonds. The van der Waals surface area contributed by atoms with Gasteiger partial charge < -0.3 is 38.2 Å². The summed E-state index contributed by atoms with van der Waals surface area (Å²) in [6, 6.07) is 15.7. The van der Waals surface area contributed by atoms with Crippen LogP contribution in [0.1, 0.15) is 6.42 Å². The highest BCUT2D eigenvalue weighted by molar-refractivity contribution is 7.85. The fraction of sp³-hybridized carbons (Fsp3) is 0.371. The minimum atomic E-state index is -3.67. The van der Waals surface area contributed by atoms with Gasteiger partial charge >= 0.3 is 0 Å². The quantitative estimate of drug-likeness (QED) is 0.165. The highest BCUT2D eigenvalue weighted by atomic mass is 32.2. The molecule has 0 spiro atoms. The SMILES string of the molecule is COc1cc(-c2ccc(N(C)CCCN(C)c3ccc(-c4cc(OC)c(OC)c(OC)c4)nc3)cn2)cc(OC)c1OC.CS(=O)(=O)O.CS(=O)(=O)O. The van der Waals surface area contributed by atoms with E-state index in [2.05, 4.69) is 36.0 Å². The largest absolute Gasteiger partial charge is 0.493 e. The fourth-order valence-electron chi connectivity index (χ4n) is 4.83. The summed E-state index contributed by atoms with van der Waals surface area (Å²) >= 11 is 0. The molecular formula is C35H48N4O12S2. The third-order valence-corrected chi connectivity index (χ3v) is 7.29. The summed E-state index contributed by atoms with van der Waals surface area (Å²) in [6.45, 7) is 1.74. The molecule has 18 heteroatoms. The van der Waals surface area contributed by atoms with Crippen molar-refractivity contribution in [2.24, 2.45) is 0 Å². The van der Waals surface area contributed by atoms with Crippen molar-refractivity contribution >= 4 is 31.6 Å². The van der Waals surface area contributed by atoms with Crippen LogP contribution < -0.4 is 38.2 Å². The molecule has 2 aromatic carbocycles. The Morgan fingerprint density at radius 1 is 0.547 bits per heavy atom. The number of benzene rings is 2. The van der Waals surface area contributed by atoms with E-state index < -0.39 is 20.2 Å². The Hall–Kier alpha value is -5.04. The maximum absolute atomic E-state index is 9.19. The van der Waals surface area contributed by atoms with Crippen LogP contribution in [0, 0.1) is 0 Å². The first-order valence-electron chi connectivity index (χ1n) is 15.7. The first-order chi connectivity index (χ1) is 24.9. The Kier molecular flexibility index (Phi) is 16.9. The third-order valence-electron chi connectivity index (χ3n) is 7.29. The minimum Gasteiger partial charge on any atom is -0.493 e. The fourth-order valence-corrected chi connectivity index (χ4v) is 4.83. The average Bonchev–Trinajstić information content (AvgIpc) is 3.12. The van der Waals surface area contributed by atoms with Gasteiger partial charge in [-0.1, -0.05) is 0 Å². The zero-order chi connectivity index (χ0) is 39.9. The van der Waals surface area contributed by atoms with E-state index in [1.807, 2.05) is 48.8 Å². The number of pyridine rings is 2. The topological polar surface area (TPSA) is 196 Å². The molecule has 2 heterocycles. The van der Waals surface area contributed by atoms with Crippen LogP contribution in [0.3, 0.4) is 0 Å². The van der Waals surface area contributed by atoms with E-state index in [-0.39, 0.29) is 0 Å². The normalized spacial score (nSPS) is 10.8. The van der Waals surface area contributed by atoms with E-state index in [1.54, 1.807) is 42.7 Å². The van der Waals surface area contributed by atoms with Crippen LogP contribution in [0.15, 0.2) is 60.9 Å². The minimum absolute atomic E-state index is 0.556. The Morgan fingerprint density at radius 3 is 1.04 bits per heavy atom. The predicted octanol–water partition coefficient (Wildman–Crippen LogP) is 4.83. The Bertz CT molecular complexity index is 1770. The molecule has 0 bridgehead atoms. The van der Waals surface area contributed by atoms with Crippen molar-refractivity contribution in [2.45, 2.75) is 6.42 Å². The number of aromatic nitrogens is 2. The van der Waals surface area contributed by atoms with Crippen molar-refractivity contribution in [1.82, 2.24) is 9.97 Å². The maximum atomic E-state index is 9.19. The molecule has 2 N–H and O–H groups in total. The number of ether oxygens (including phenoxy) is 6. The van der Waals surface area contributed by atoms with Gasteiger partial charge in [0.2, 0.25) is 11.5 Å². The zero-order valence-electron chi connectivity index (χ0n) is 31.5. The van der Waals surface area contributed by atoms with Crippen LogP contribution in [0.2, 0.25) is 0 Å². The van der Waals surface area contributed by atoms with Gasteiger partial charge in [0.1, 0.15) is 0 Å². The zero-order valence-corrected chi connectivity index (χ0v) is 33.1.